The standard InChI is InChI=1S/C8H10NO4P/c1-2-8(13-14(10,11)12)9-6-4-3-5-7-9/h2-8H,1H2,(H-,10,11,12)/p+1. The summed E-state index contributed by atoms with van der Waals surface area (Å²) in [4.78, 5) is 17.2. The molecule has 2 N–H and O–H groups in total. The number of aromatic nitrogens is 1. The molecule has 6 heteroatoms. The topological polar surface area (TPSA) is 70.6 Å². The Morgan fingerprint density at radius 2 is 1.93 bits per heavy atom. The van der Waals surface area contributed by atoms with Gasteiger partial charge >= 0.3 is 7.82 Å². The lowest BCUT2D eigenvalue weighted by Crippen LogP contribution is -2.38. The second-order valence-electron chi connectivity index (χ2n) is 2.54. The third kappa shape index (κ3) is 3.40. The van der Waals surface area contributed by atoms with E-state index in [9.17, 15) is 4.57 Å². The molecule has 0 saturated carbocycles. The largest absolute Gasteiger partial charge is 0.475 e. The zero-order valence-electron chi connectivity index (χ0n) is 7.35. The maximum atomic E-state index is 10.6. The van der Waals surface area contributed by atoms with Gasteiger partial charge in [0.25, 0.3) is 6.23 Å². The van der Waals surface area contributed by atoms with Crippen LogP contribution in [0.15, 0.2) is 43.2 Å². The first kappa shape index (κ1) is 11.1. The minimum atomic E-state index is -4.50. The molecule has 76 valence electrons. The monoisotopic (exact) mass is 216 g/mol. The number of nitrogens with zero attached hydrogens (tertiary/aromatic N) is 1. The van der Waals surface area contributed by atoms with Crippen LogP contribution in [0.4, 0.5) is 0 Å². The first-order valence-corrected chi connectivity index (χ1v) is 5.38. The van der Waals surface area contributed by atoms with Crippen LogP contribution in [0.1, 0.15) is 6.23 Å². The SMILES string of the molecule is C=CC(OP(=O)(O)O)[n+]1ccccc1. The van der Waals surface area contributed by atoms with Crippen molar-refractivity contribution in [1.82, 2.24) is 0 Å². The quantitative estimate of drug-likeness (QED) is 0.443. The fourth-order valence-corrected chi connectivity index (χ4v) is 1.42. The van der Waals surface area contributed by atoms with E-state index in [2.05, 4.69) is 11.1 Å². The number of hydrogen-bond acceptors (Lipinski definition) is 2. The predicted molar refractivity (Wildman–Crippen MR) is 49.0 cm³/mol. The van der Waals surface area contributed by atoms with Crippen LogP contribution in [-0.4, -0.2) is 9.79 Å². The Morgan fingerprint density at radius 3 is 2.36 bits per heavy atom. The number of rotatable bonds is 4. The third-order valence-corrected chi connectivity index (χ3v) is 1.97. The lowest BCUT2D eigenvalue weighted by molar-refractivity contribution is -0.743. The fourth-order valence-electron chi connectivity index (χ4n) is 0.942. The lowest BCUT2D eigenvalue weighted by atomic mass is 10.4. The molecular weight excluding hydrogens is 205 g/mol. The molecule has 0 saturated heterocycles. The van der Waals surface area contributed by atoms with Gasteiger partial charge in [-0.2, -0.15) is 4.57 Å². The van der Waals surface area contributed by atoms with Gasteiger partial charge in [-0.15, -0.1) is 0 Å². The fraction of sp³-hybridized carbons (Fsp3) is 0.125. The Bertz CT molecular complexity index is 348. The summed E-state index contributed by atoms with van der Waals surface area (Å²) in [5, 5.41) is 0. The highest BCUT2D eigenvalue weighted by molar-refractivity contribution is 7.46. The summed E-state index contributed by atoms with van der Waals surface area (Å²) >= 11 is 0. The van der Waals surface area contributed by atoms with Gasteiger partial charge in [0.2, 0.25) is 0 Å². The zero-order valence-corrected chi connectivity index (χ0v) is 8.25. The van der Waals surface area contributed by atoms with Crippen molar-refractivity contribution in [2.24, 2.45) is 0 Å². The number of pyridine rings is 1. The molecule has 1 atom stereocenters. The smallest absolute Gasteiger partial charge is 0.302 e. The highest BCUT2D eigenvalue weighted by Crippen LogP contribution is 2.39. The Kier molecular flexibility index (Phi) is 3.55. The normalized spacial score (nSPS) is 13.6. The van der Waals surface area contributed by atoms with E-state index in [4.69, 9.17) is 9.79 Å². The number of phosphoric acid groups is 1. The van der Waals surface area contributed by atoms with Gasteiger partial charge in [0.15, 0.2) is 12.4 Å². The maximum Gasteiger partial charge on any atom is 0.475 e. The minimum absolute atomic E-state index is 0.864. The third-order valence-electron chi connectivity index (χ3n) is 1.48. The van der Waals surface area contributed by atoms with Crippen molar-refractivity contribution in [2.45, 2.75) is 6.23 Å². The minimum Gasteiger partial charge on any atom is -0.302 e. The van der Waals surface area contributed by atoms with Crippen LogP contribution < -0.4 is 4.57 Å². The average Bonchev–Trinajstić information content (AvgIpc) is 2.14. The van der Waals surface area contributed by atoms with Crippen LogP contribution in [0, 0.1) is 0 Å². The van der Waals surface area contributed by atoms with Gasteiger partial charge in [-0.25, -0.2) is 9.09 Å². The van der Waals surface area contributed by atoms with E-state index in [1.165, 1.54) is 10.6 Å². The summed E-state index contributed by atoms with van der Waals surface area (Å²) in [6, 6.07) is 5.23. The van der Waals surface area contributed by atoms with E-state index >= 15 is 0 Å². The predicted octanol–water partition coefficient (Wildman–Crippen LogP) is 0.768. The van der Waals surface area contributed by atoms with E-state index in [1.807, 2.05) is 0 Å². The Labute approximate surface area is 81.5 Å². The van der Waals surface area contributed by atoms with Crippen LogP contribution in [0.3, 0.4) is 0 Å². The highest BCUT2D eigenvalue weighted by atomic mass is 31.2. The van der Waals surface area contributed by atoms with Gasteiger partial charge in [0.1, 0.15) is 0 Å². The summed E-state index contributed by atoms with van der Waals surface area (Å²) < 4.78 is 16.6. The summed E-state index contributed by atoms with van der Waals surface area (Å²) in [6.07, 6.45) is 3.69. The van der Waals surface area contributed by atoms with Crippen LogP contribution in [0.25, 0.3) is 0 Å². The molecule has 1 heterocycles. The van der Waals surface area contributed by atoms with E-state index in [-0.39, 0.29) is 0 Å². The molecule has 5 nitrogen and oxygen atoms in total. The average molecular weight is 216 g/mol. The van der Waals surface area contributed by atoms with Crippen molar-refractivity contribution >= 4 is 7.82 Å². The van der Waals surface area contributed by atoms with Gasteiger partial charge in [-0.1, -0.05) is 12.6 Å². The number of hydrogen-bond donors (Lipinski definition) is 2. The van der Waals surface area contributed by atoms with E-state index in [0.29, 0.717) is 0 Å². The molecule has 0 aliphatic carbocycles. The maximum absolute atomic E-state index is 10.6. The summed E-state index contributed by atoms with van der Waals surface area (Å²) in [7, 11) is -4.50. The molecule has 0 amide bonds. The van der Waals surface area contributed by atoms with Crippen molar-refractivity contribution in [3.63, 3.8) is 0 Å². The van der Waals surface area contributed by atoms with Crippen molar-refractivity contribution in [3.05, 3.63) is 43.2 Å². The molecule has 1 aromatic heterocycles. The first-order chi connectivity index (χ1) is 6.53. The Balaban J connectivity index is 2.84. The zero-order chi connectivity index (χ0) is 10.6. The van der Waals surface area contributed by atoms with Crippen molar-refractivity contribution < 1.29 is 23.4 Å². The molecule has 1 unspecified atom stereocenters. The van der Waals surface area contributed by atoms with Crippen molar-refractivity contribution in [2.75, 3.05) is 0 Å². The molecule has 0 radical (unpaired) electrons. The van der Waals surface area contributed by atoms with Gasteiger partial charge in [-0.3, -0.25) is 0 Å². The molecule has 0 spiro atoms. The van der Waals surface area contributed by atoms with Crippen molar-refractivity contribution in [3.8, 4) is 0 Å². The Morgan fingerprint density at radius 1 is 1.36 bits per heavy atom. The van der Waals surface area contributed by atoms with E-state index in [1.54, 1.807) is 30.6 Å². The van der Waals surface area contributed by atoms with Crippen molar-refractivity contribution in [1.29, 1.82) is 0 Å². The van der Waals surface area contributed by atoms with Gasteiger partial charge in [0.05, 0.1) is 0 Å². The summed E-state index contributed by atoms with van der Waals surface area (Å²) in [6.45, 7) is 3.43. The van der Waals surface area contributed by atoms with Crippen LogP contribution in [-0.2, 0) is 9.09 Å². The summed E-state index contributed by atoms with van der Waals surface area (Å²) in [5.74, 6) is 0. The second kappa shape index (κ2) is 4.48. The van der Waals surface area contributed by atoms with Crippen LogP contribution >= 0.6 is 7.82 Å². The highest BCUT2D eigenvalue weighted by Gasteiger charge is 2.25. The molecule has 0 bridgehead atoms. The van der Waals surface area contributed by atoms with E-state index in [0.717, 1.165) is 0 Å². The van der Waals surface area contributed by atoms with Crippen LogP contribution in [0.5, 0.6) is 0 Å². The van der Waals surface area contributed by atoms with Crippen LogP contribution in [0.2, 0.25) is 0 Å². The lowest BCUT2D eigenvalue weighted by Gasteiger charge is -2.09. The molecule has 0 aliphatic heterocycles. The molecule has 0 aromatic carbocycles. The Hall–Kier alpha value is -1.00. The molecule has 0 fully saturated rings. The van der Waals surface area contributed by atoms with Gasteiger partial charge in [0, 0.05) is 18.2 Å². The number of phosphoric ester groups is 1. The van der Waals surface area contributed by atoms with Gasteiger partial charge < -0.3 is 9.79 Å². The molecule has 1 aromatic rings. The molecule has 0 aliphatic rings. The first-order valence-electron chi connectivity index (χ1n) is 3.85. The molecular formula is C8H11NO4P+. The molecule has 14 heavy (non-hydrogen) atoms. The molecule has 1 rings (SSSR count). The van der Waals surface area contributed by atoms with Gasteiger partial charge in [-0.05, 0) is 0 Å². The van der Waals surface area contributed by atoms with E-state index < -0.39 is 14.1 Å². The summed E-state index contributed by atoms with van der Waals surface area (Å²) in [5.41, 5.74) is 0. The second-order valence-corrected chi connectivity index (χ2v) is 3.74.